The molecule has 0 saturated carbocycles. The molecule has 0 radical (unpaired) electrons. The molecule has 2 heterocycles. The van der Waals surface area contributed by atoms with E-state index in [0.717, 1.165) is 16.7 Å². The summed E-state index contributed by atoms with van der Waals surface area (Å²) in [6.07, 6.45) is 1.36. The minimum absolute atomic E-state index is 0.0711. The van der Waals surface area contributed by atoms with Gasteiger partial charge in [0.1, 0.15) is 5.75 Å². The molecule has 5 rings (SSSR count). The van der Waals surface area contributed by atoms with Gasteiger partial charge in [-0.1, -0.05) is 18.2 Å². The summed E-state index contributed by atoms with van der Waals surface area (Å²) >= 11 is 0. The summed E-state index contributed by atoms with van der Waals surface area (Å²) in [4.78, 5) is 54.3. The lowest BCUT2D eigenvalue weighted by Crippen LogP contribution is -2.36. The first kappa shape index (κ1) is 35.5. The van der Waals surface area contributed by atoms with Crippen LogP contribution in [0.15, 0.2) is 60.7 Å². The number of aliphatic hydroxyl groups excluding tert-OH is 1. The molecule has 3 aromatic rings. The van der Waals surface area contributed by atoms with Crippen molar-refractivity contribution >= 4 is 45.1 Å². The van der Waals surface area contributed by atoms with Crippen molar-refractivity contribution in [3.63, 3.8) is 0 Å². The van der Waals surface area contributed by atoms with Crippen molar-refractivity contribution in [1.82, 2.24) is 9.80 Å². The number of benzene rings is 3. The predicted octanol–water partition coefficient (Wildman–Crippen LogP) is 3.97. The van der Waals surface area contributed by atoms with Crippen molar-refractivity contribution in [3.05, 3.63) is 88.5 Å². The van der Waals surface area contributed by atoms with E-state index in [-0.39, 0.29) is 55.5 Å². The topological polar surface area (TPSA) is 183 Å². The highest BCUT2D eigenvalue weighted by molar-refractivity contribution is 7.86. The fourth-order valence-corrected chi connectivity index (χ4v) is 6.23. The number of unbranched alkanes of at least 4 members (excludes halogenated alkanes) is 1. The molecule has 2 aliphatic heterocycles. The Kier molecular flexibility index (Phi) is 11.0. The number of carbonyl (C=O) groups is 4. The van der Waals surface area contributed by atoms with E-state index in [1.54, 1.807) is 46.2 Å². The minimum atomic E-state index is -4.50. The first-order chi connectivity index (χ1) is 23.3. The van der Waals surface area contributed by atoms with E-state index in [1.165, 1.54) is 0 Å². The van der Waals surface area contributed by atoms with Crippen molar-refractivity contribution in [2.45, 2.75) is 70.5 Å². The van der Waals surface area contributed by atoms with E-state index in [2.05, 4.69) is 10.6 Å². The van der Waals surface area contributed by atoms with Gasteiger partial charge < -0.3 is 30.3 Å². The third-order valence-electron chi connectivity index (χ3n) is 8.58. The van der Waals surface area contributed by atoms with Crippen LogP contribution in [0.2, 0.25) is 0 Å². The first-order valence-electron chi connectivity index (χ1n) is 16.1. The standard InChI is InChI=1S/C35H40N4O9S/c1-22(2)39(35(44)26-12-14-29-30(18-26)48-21-31(40)37-29)19-23-7-9-24(10-8-23)34(43)36-28-13-11-27-20-38(16-15-25(27)17-28)32(41)5-3-4-6-33(42)49(45,46)47/h7-14,17-18,22,33,42H,3-6,15-16,19-21H2,1-2H3,(H,36,43)(H,37,40)(H,45,46,47). The molecule has 3 aromatic carbocycles. The molecule has 4 amide bonds. The molecule has 260 valence electrons. The molecule has 0 aromatic heterocycles. The summed E-state index contributed by atoms with van der Waals surface area (Å²) in [5.41, 5.74) is 3.07. The average molecular weight is 693 g/mol. The van der Waals surface area contributed by atoms with Crippen LogP contribution in [-0.2, 0) is 39.2 Å². The lowest BCUT2D eigenvalue weighted by molar-refractivity contribution is -0.132. The van der Waals surface area contributed by atoms with Crippen LogP contribution < -0.4 is 15.4 Å². The van der Waals surface area contributed by atoms with Gasteiger partial charge in [0, 0.05) is 48.9 Å². The molecule has 0 aliphatic carbocycles. The van der Waals surface area contributed by atoms with Crippen LogP contribution in [0.3, 0.4) is 0 Å². The Balaban J connectivity index is 1.14. The van der Waals surface area contributed by atoms with Gasteiger partial charge in [0.05, 0.1) is 5.69 Å². The Morgan fingerprint density at radius 2 is 1.73 bits per heavy atom. The highest BCUT2D eigenvalue weighted by Gasteiger charge is 2.24. The van der Waals surface area contributed by atoms with Gasteiger partial charge in [-0.05, 0) is 98.7 Å². The molecule has 0 bridgehead atoms. The Bertz CT molecular complexity index is 1840. The summed E-state index contributed by atoms with van der Waals surface area (Å²) < 4.78 is 36.2. The fourth-order valence-electron chi connectivity index (χ4n) is 5.77. The van der Waals surface area contributed by atoms with Gasteiger partial charge in [0.2, 0.25) is 5.91 Å². The van der Waals surface area contributed by atoms with Crippen molar-refractivity contribution in [3.8, 4) is 5.75 Å². The van der Waals surface area contributed by atoms with Gasteiger partial charge in [0.15, 0.2) is 12.0 Å². The third-order valence-corrected chi connectivity index (χ3v) is 9.50. The second kappa shape index (κ2) is 15.2. The number of nitrogens with zero attached hydrogens (tertiary/aromatic N) is 2. The number of nitrogens with one attached hydrogen (secondary N) is 2. The maximum absolute atomic E-state index is 13.4. The zero-order chi connectivity index (χ0) is 35.3. The van der Waals surface area contributed by atoms with Gasteiger partial charge in [0.25, 0.3) is 27.8 Å². The number of amides is 4. The molecule has 4 N–H and O–H groups in total. The second-order valence-electron chi connectivity index (χ2n) is 12.5. The number of aliphatic hydroxyl groups is 1. The van der Waals surface area contributed by atoms with Crippen LogP contribution in [0.4, 0.5) is 11.4 Å². The zero-order valence-corrected chi connectivity index (χ0v) is 28.2. The minimum Gasteiger partial charge on any atom is -0.482 e. The molecule has 1 unspecified atom stereocenters. The number of hydrogen-bond donors (Lipinski definition) is 4. The van der Waals surface area contributed by atoms with E-state index < -0.39 is 15.6 Å². The van der Waals surface area contributed by atoms with Gasteiger partial charge in [-0.25, -0.2) is 0 Å². The summed E-state index contributed by atoms with van der Waals surface area (Å²) in [5, 5.41) is 15.1. The Labute approximate surface area is 285 Å². The van der Waals surface area contributed by atoms with Crippen LogP contribution in [0.1, 0.15) is 76.9 Å². The van der Waals surface area contributed by atoms with E-state index in [0.29, 0.717) is 60.7 Å². The number of ether oxygens (including phenoxy) is 1. The largest absolute Gasteiger partial charge is 0.482 e. The summed E-state index contributed by atoms with van der Waals surface area (Å²) in [6.45, 7) is 5.01. The van der Waals surface area contributed by atoms with E-state index >= 15 is 0 Å². The van der Waals surface area contributed by atoms with Crippen molar-refractivity contribution in [1.29, 1.82) is 0 Å². The van der Waals surface area contributed by atoms with Crippen LogP contribution in [-0.4, -0.2) is 76.1 Å². The highest BCUT2D eigenvalue weighted by atomic mass is 32.2. The average Bonchev–Trinajstić information content (AvgIpc) is 3.07. The van der Waals surface area contributed by atoms with E-state index in [9.17, 15) is 32.7 Å². The van der Waals surface area contributed by atoms with Crippen LogP contribution in [0.25, 0.3) is 0 Å². The van der Waals surface area contributed by atoms with Gasteiger partial charge >= 0.3 is 0 Å². The molecule has 0 fully saturated rings. The van der Waals surface area contributed by atoms with Crippen molar-refractivity contribution in [2.75, 3.05) is 23.8 Å². The molecule has 14 heteroatoms. The van der Waals surface area contributed by atoms with Crippen LogP contribution in [0.5, 0.6) is 5.75 Å². The SMILES string of the molecule is CC(C)N(Cc1ccc(C(=O)Nc2ccc3c(c2)CCN(C(=O)CCCCC(O)S(=O)(=O)O)C3)cc1)C(=O)c1ccc2c(c1)OCC(=O)N2. The van der Waals surface area contributed by atoms with Gasteiger partial charge in [-0.2, -0.15) is 8.42 Å². The quantitative estimate of drug-likeness (QED) is 0.161. The maximum atomic E-state index is 13.4. The zero-order valence-electron chi connectivity index (χ0n) is 27.3. The molecule has 0 spiro atoms. The Morgan fingerprint density at radius 3 is 2.45 bits per heavy atom. The van der Waals surface area contributed by atoms with Gasteiger partial charge in [-0.3, -0.25) is 23.7 Å². The number of rotatable bonds is 12. The predicted molar refractivity (Wildman–Crippen MR) is 182 cm³/mol. The van der Waals surface area contributed by atoms with Crippen molar-refractivity contribution in [2.24, 2.45) is 0 Å². The maximum Gasteiger partial charge on any atom is 0.291 e. The molecule has 49 heavy (non-hydrogen) atoms. The molecule has 1 atom stereocenters. The van der Waals surface area contributed by atoms with Crippen molar-refractivity contribution < 1.29 is 42.0 Å². The van der Waals surface area contributed by atoms with E-state index in [4.69, 9.17) is 9.29 Å². The fraction of sp³-hybridized carbons (Fsp3) is 0.371. The van der Waals surface area contributed by atoms with E-state index in [1.807, 2.05) is 38.1 Å². The number of hydrogen-bond acceptors (Lipinski definition) is 8. The van der Waals surface area contributed by atoms with Gasteiger partial charge in [-0.15, -0.1) is 0 Å². The normalized spacial score (nSPS) is 14.6. The summed E-state index contributed by atoms with van der Waals surface area (Å²) in [6, 6.07) is 17.5. The number of fused-ring (bicyclic) bond motifs is 2. The molecule has 0 saturated heterocycles. The smallest absolute Gasteiger partial charge is 0.291 e. The lowest BCUT2D eigenvalue weighted by atomic mass is 9.98. The Hall–Kier alpha value is -4.79. The number of carbonyl (C=O) groups excluding carboxylic acids is 4. The highest BCUT2D eigenvalue weighted by Crippen LogP contribution is 2.30. The summed E-state index contributed by atoms with van der Waals surface area (Å²) in [5.74, 6) is -0.334. The van der Waals surface area contributed by atoms with Crippen LogP contribution >= 0.6 is 0 Å². The molecule has 2 aliphatic rings. The first-order valence-corrected chi connectivity index (χ1v) is 17.6. The molecular weight excluding hydrogens is 652 g/mol. The number of anilines is 2. The monoisotopic (exact) mass is 692 g/mol. The summed E-state index contributed by atoms with van der Waals surface area (Å²) in [7, 11) is -4.50. The lowest BCUT2D eigenvalue weighted by Gasteiger charge is -2.29. The third kappa shape index (κ3) is 9.02. The van der Waals surface area contributed by atoms with Crippen LogP contribution in [0, 0.1) is 0 Å². The Morgan fingerprint density at radius 1 is 1.00 bits per heavy atom. The second-order valence-corrected chi connectivity index (χ2v) is 14.1. The molecular formula is C35H40N4O9S. The molecule has 13 nitrogen and oxygen atoms in total.